The van der Waals surface area contributed by atoms with E-state index in [0.29, 0.717) is 5.56 Å². The van der Waals surface area contributed by atoms with Crippen molar-refractivity contribution in [3.8, 4) is 0 Å². The van der Waals surface area contributed by atoms with Crippen molar-refractivity contribution in [3.63, 3.8) is 0 Å². The minimum absolute atomic E-state index is 0.107. The molecule has 0 fully saturated rings. The molecule has 1 aromatic rings. The van der Waals surface area contributed by atoms with Gasteiger partial charge in [-0.2, -0.15) is 0 Å². The largest absolute Gasteiger partial charge is 0.544 e. The van der Waals surface area contributed by atoms with Gasteiger partial charge in [0.15, 0.2) is 5.78 Å². The van der Waals surface area contributed by atoms with E-state index in [1.165, 1.54) is 29.6 Å². The predicted molar refractivity (Wildman–Crippen MR) is 58.0 cm³/mol. The van der Waals surface area contributed by atoms with Crippen molar-refractivity contribution in [2.24, 2.45) is 0 Å². The third kappa shape index (κ3) is 4.23. The number of ketones is 1. The van der Waals surface area contributed by atoms with Gasteiger partial charge in [0.1, 0.15) is 24.4 Å². The number of carboxylic acids is 1. The number of hydrogen-bond acceptors (Lipinski definition) is 4. The van der Waals surface area contributed by atoms with E-state index in [0.717, 1.165) is 0 Å². The van der Waals surface area contributed by atoms with Gasteiger partial charge in [0.25, 0.3) is 0 Å². The Labute approximate surface area is 103 Å². The highest BCUT2D eigenvalue weighted by Gasteiger charge is 2.13. The first-order valence-corrected chi connectivity index (χ1v) is 5.48. The Morgan fingerprint density at radius 2 is 1.94 bits per heavy atom. The number of benzene rings is 1. The van der Waals surface area contributed by atoms with E-state index in [9.17, 15) is 19.1 Å². The molecule has 5 nitrogen and oxygen atoms in total. The van der Waals surface area contributed by atoms with Crippen molar-refractivity contribution in [3.05, 3.63) is 35.6 Å². The normalized spacial score (nSPS) is 12.1. The Bertz CT molecular complexity index is 419. The Hall–Kier alpha value is -1.79. The second-order valence-corrected chi connectivity index (χ2v) is 3.81. The summed E-state index contributed by atoms with van der Waals surface area (Å²) in [6, 6.07) is 4.06. The molecule has 0 amide bonds. The van der Waals surface area contributed by atoms with Crippen LogP contribution in [-0.2, 0) is 4.79 Å². The maximum Gasteiger partial charge on any atom is 0.168 e. The highest BCUT2D eigenvalue weighted by Crippen LogP contribution is 2.04. The van der Waals surface area contributed by atoms with Crippen LogP contribution < -0.4 is 10.4 Å². The number of aliphatic carboxylic acids is 1. The summed E-state index contributed by atoms with van der Waals surface area (Å²) in [4.78, 5) is 22.1. The van der Waals surface area contributed by atoms with Crippen LogP contribution in [0.4, 0.5) is 4.39 Å². The van der Waals surface area contributed by atoms with Crippen molar-refractivity contribution in [1.82, 2.24) is 0 Å². The van der Waals surface area contributed by atoms with Crippen molar-refractivity contribution >= 4 is 11.8 Å². The molecular weight excluding hydrogens is 241 g/mol. The van der Waals surface area contributed by atoms with Gasteiger partial charge in [0.2, 0.25) is 0 Å². The van der Waals surface area contributed by atoms with Crippen LogP contribution in [0, 0.1) is 5.82 Å². The van der Waals surface area contributed by atoms with E-state index in [4.69, 9.17) is 5.11 Å². The number of nitrogens with two attached hydrogens (primary N) is 1. The average molecular weight is 255 g/mol. The van der Waals surface area contributed by atoms with Gasteiger partial charge in [-0.25, -0.2) is 4.39 Å². The molecule has 0 radical (unpaired) electrons. The standard InChI is InChI=1S/C12H14FNO4/c13-9-3-1-8(2-4-9)11(16)5-6-14-10(7-15)12(17)18/h1-4,10,14-15H,5-7H2,(H,17,18). The van der Waals surface area contributed by atoms with Crippen LogP contribution in [0.15, 0.2) is 24.3 Å². The zero-order valence-corrected chi connectivity index (χ0v) is 9.64. The molecule has 0 heterocycles. The molecule has 0 aliphatic heterocycles. The SMILES string of the molecule is O=C(CC[NH2+]C(CO)C(=O)[O-])c1ccc(F)cc1. The highest BCUT2D eigenvalue weighted by molar-refractivity contribution is 5.96. The number of quaternary nitrogens is 1. The number of hydrogen-bond donors (Lipinski definition) is 2. The van der Waals surface area contributed by atoms with Crippen LogP contribution in [0.2, 0.25) is 0 Å². The first-order valence-electron chi connectivity index (χ1n) is 5.48. The number of Topliss-reactive ketones (excluding diaryl/α,β-unsaturated/α-hetero) is 1. The van der Waals surface area contributed by atoms with E-state index >= 15 is 0 Å². The Kier molecular flexibility index (Phi) is 5.41. The number of carboxylic acid groups (broad SMARTS) is 1. The maximum atomic E-state index is 12.6. The van der Waals surface area contributed by atoms with Crippen molar-refractivity contribution in [2.75, 3.05) is 13.2 Å². The van der Waals surface area contributed by atoms with Crippen LogP contribution in [0.1, 0.15) is 16.8 Å². The predicted octanol–water partition coefficient (Wildman–Crippen LogP) is -1.93. The van der Waals surface area contributed by atoms with Crippen LogP contribution >= 0.6 is 0 Å². The second-order valence-electron chi connectivity index (χ2n) is 3.81. The number of halogens is 1. The van der Waals surface area contributed by atoms with Crippen molar-refractivity contribution in [1.29, 1.82) is 0 Å². The minimum atomic E-state index is -1.37. The van der Waals surface area contributed by atoms with Gasteiger partial charge < -0.3 is 20.3 Å². The topological polar surface area (TPSA) is 94.0 Å². The van der Waals surface area contributed by atoms with Gasteiger partial charge in [-0.05, 0) is 24.3 Å². The summed E-state index contributed by atoms with van der Waals surface area (Å²) in [6.07, 6.45) is 0.107. The number of carbonyl (C=O) groups is 2. The molecule has 1 aromatic carbocycles. The number of aliphatic hydroxyl groups excluding tert-OH is 1. The molecular formula is C12H14FNO4. The molecule has 0 saturated heterocycles. The molecule has 1 unspecified atom stereocenters. The summed E-state index contributed by atoms with van der Waals surface area (Å²) in [5.41, 5.74) is 0.374. The second kappa shape index (κ2) is 6.83. The zero-order valence-electron chi connectivity index (χ0n) is 9.64. The Morgan fingerprint density at radius 3 is 2.44 bits per heavy atom. The minimum Gasteiger partial charge on any atom is -0.544 e. The molecule has 1 atom stereocenters. The lowest BCUT2D eigenvalue weighted by Crippen LogP contribution is -2.94. The summed E-state index contributed by atoms with van der Waals surface area (Å²) in [5, 5.41) is 20.5. The zero-order chi connectivity index (χ0) is 13.5. The third-order valence-corrected chi connectivity index (χ3v) is 2.49. The first kappa shape index (κ1) is 14.3. The lowest BCUT2D eigenvalue weighted by atomic mass is 10.1. The molecule has 0 aliphatic rings. The van der Waals surface area contributed by atoms with Crippen LogP contribution in [0.3, 0.4) is 0 Å². The molecule has 0 bridgehead atoms. The summed E-state index contributed by atoms with van der Waals surface area (Å²) in [5.74, 6) is -2.00. The maximum absolute atomic E-state index is 12.6. The van der Waals surface area contributed by atoms with Gasteiger partial charge in [-0.1, -0.05) is 0 Å². The molecule has 0 aliphatic carbocycles. The monoisotopic (exact) mass is 255 g/mol. The lowest BCUT2D eigenvalue weighted by Gasteiger charge is -2.13. The van der Waals surface area contributed by atoms with Gasteiger partial charge in [-0.3, -0.25) is 4.79 Å². The molecule has 0 spiro atoms. The molecule has 0 aromatic heterocycles. The van der Waals surface area contributed by atoms with E-state index in [1.807, 2.05) is 0 Å². The van der Waals surface area contributed by atoms with Crippen LogP contribution in [-0.4, -0.2) is 36.1 Å². The molecule has 98 valence electrons. The van der Waals surface area contributed by atoms with Crippen LogP contribution in [0.25, 0.3) is 0 Å². The summed E-state index contributed by atoms with van der Waals surface area (Å²) < 4.78 is 12.6. The summed E-state index contributed by atoms with van der Waals surface area (Å²) in [7, 11) is 0. The van der Waals surface area contributed by atoms with Crippen LogP contribution in [0.5, 0.6) is 0 Å². The third-order valence-electron chi connectivity index (χ3n) is 2.49. The molecule has 1 rings (SSSR count). The molecule has 6 heteroatoms. The smallest absolute Gasteiger partial charge is 0.168 e. The van der Waals surface area contributed by atoms with E-state index < -0.39 is 24.4 Å². The van der Waals surface area contributed by atoms with E-state index in [2.05, 4.69) is 0 Å². The first-order chi connectivity index (χ1) is 8.54. The number of aliphatic hydroxyl groups is 1. The fourth-order valence-electron chi connectivity index (χ4n) is 1.44. The van der Waals surface area contributed by atoms with Gasteiger partial charge in [0, 0.05) is 5.56 Å². The summed E-state index contributed by atoms with van der Waals surface area (Å²) in [6.45, 7) is -0.331. The fourth-order valence-corrected chi connectivity index (χ4v) is 1.44. The Morgan fingerprint density at radius 1 is 1.33 bits per heavy atom. The van der Waals surface area contributed by atoms with Gasteiger partial charge >= 0.3 is 0 Å². The quantitative estimate of drug-likeness (QED) is 0.555. The molecule has 3 N–H and O–H groups in total. The van der Waals surface area contributed by atoms with Gasteiger partial charge in [0.05, 0.1) is 13.0 Å². The highest BCUT2D eigenvalue weighted by atomic mass is 19.1. The average Bonchev–Trinajstić information content (AvgIpc) is 2.34. The van der Waals surface area contributed by atoms with E-state index in [1.54, 1.807) is 0 Å². The van der Waals surface area contributed by atoms with Crippen molar-refractivity contribution < 1.29 is 29.5 Å². The van der Waals surface area contributed by atoms with Crippen molar-refractivity contribution in [2.45, 2.75) is 12.5 Å². The number of rotatable bonds is 7. The summed E-state index contributed by atoms with van der Waals surface area (Å²) >= 11 is 0. The molecule has 18 heavy (non-hydrogen) atoms. The Balaban J connectivity index is 2.42. The molecule has 0 saturated carbocycles. The van der Waals surface area contributed by atoms with E-state index in [-0.39, 0.29) is 18.7 Å². The lowest BCUT2D eigenvalue weighted by molar-refractivity contribution is -0.683. The van der Waals surface area contributed by atoms with Gasteiger partial charge in [-0.15, -0.1) is 0 Å². The fraction of sp³-hybridized carbons (Fsp3) is 0.333. The number of carbonyl (C=O) groups excluding carboxylic acids is 2.